The number of ether oxygens (including phenoxy) is 3. The van der Waals surface area contributed by atoms with Gasteiger partial charge in [-0.05, 0) is 30.2 Å². The van der Waals surface area contributed by atoms with Crippen molar-refractivity contribution >= 4 is 28.6 Å². The van der Waals surface area contributed by atoms with E-state index in [2.05, 4.69) is 4.98 Å². The summed E-state index contributed by atoms with van der Waals surface area (Å²) in [5, 5.41) is 0.830. The Morgan fingerprint density at radius 1 is 0.966 bits per heavy atom. The van der Waals surface area contributed by atoms with Gasteiger partial charge in [0.15, 0.2) is 6.61 Å². The van der Waals surface area contributed by atoms with Crippen molar-refractivity contribution in [3.63, 3.8) is 0 Å². The second-order valence-corrected chi connectivity index (χ2v) is 6.34. The average Bonchev–Trinajstić information content (AvgIpc) is 3.20. The summed E-state index contributed by atoms with van der Waals surface area (Å²) >= 11 is 0. The summed E-state index contributed by atoms with van der Waals surface area (Å²) in [5.41, 5.74) is 2.82. The molecular formula is C22H21NO6. The molecule has 1 heterocycles. The number of aromatic nitrogens is 1. The molecule has 3 aromatic rings. The number of hydrogen-bond acceptors (Lipinski definition) is 6. The van der Waals surface area contributed by atoms with Gasteiger partial charge < -0.3 is 19.2 Å². The van der Waals surface area contributed by atoms with Crippen molar-refractivity contribution < 1.29 is 28.6 Å². The summed E-state index contributed by atoms with van der Waals surface area (Å²) in [6.07, 6.45) is 2.51. The van der Waals surface area contributed by atoms with Gasteiger partial charge in [-0.25, -0.2) is 9.59 Å². The van der Waals surface area contributed by atoms with E-state index in [1.165, 1.54) is 32.4 Å². The van der Waals surface area contributed by atoms with Gasteiger partial charge in [-0.2, -0.15) is 0 Å². The lowest BCUT2D eigenvalue weighted by Crippen LogP contribution is -2.13. The zero-order chi connectivity index (χ0) is 21.0. The van der Waals surface area contributed by atoms with Gasteiger partial charge in [0.2, 0.25) is 5.78 Å². The molecule has 1 N–H and O–H groups in total. The topological polar surface area (TPSA) is 94.7 Å². The first-order valence-electron chi connectivity index (χ1n) is 9.05. The highest BCUT2D eigenvalue weighted by molar-refractivity contribution is 6.09. The summed E-state index contributed by atoms with van der Waals surface area (Å²) in [6, 6.07) is 9.97. The summed E-state index contributed by atoms with van der Waals surface area (Å²) in [4.78, 5) is 39.6. The molecule has 0 spiro atoms. The van der Waals surface area contributed by atoms with E-state index in [1.54, 1.807) is 6.20 Å². The molecule has 0 aliphatic heterocycles. The predicted molar refractivity (Wildman–Crippen MR) is 107 cm³/mol. The Balaban J connectivity index is 1.85. The van der Waals surface area contributed by atoms with Crippen LogP contribution in [0.4, 0.5) is 0 Å². The zero-order valence-electron chi connectivity index (χ0n) is 16.4. The van der Waals surface area contributed by atoms with Crippen LogP contribution in [0.15, 0.2) is 42.6 Å². The molecule has 0 amide bonds. The predicted octanol–water partition coefficient (Wildman–Crippen LogP) is 3.57. The number of methoxy groups -OCH3 is 2. The number of fused-ring (bicyclic) bond motifs is 1. The molecule has 0 radical (unpaired) electrons. The molecule has 0 aliphatic rings. The van der Waals surface area contributed by atoms with Crippen LogP contribution in [-0.2, 0) is 15.9 Å². The Hall–Kier alpha value is -3.61. The molecule has 7 nitrogen and oxygen atoms in total. The highest BCUT2D eigenvalue weighted by Crippen LogP contribution is 2.24. The molecule has 2 aromatic carbocycles. The van der Waals surface area contributed by atoms with Crippen LogP contribution < -0.4 is 4.74 Å². The van der Waals surface area contributed by atoms with Crippen LogP contribution in [-0.4, -0.2) is 43.5 Å². The summed E-state index contributed by atoms with van der Waals surface area (Å²) < 4.78 is 15.0. The first-order valence-corrected chi connectivity index (χ1v) is 9.05. The summed E-state index contributed by atoms with van der Waals surface area (Å²) in [6.45, 7) is 1.79. The Morgan fingerprint density at radius 3 is 2.21 bits per heavy atom. The van der Waals surface area contributed by atoms with Crippen molar-refractivity contribution in [1.29, 1.82) is 0 Å². The number of carbonyl (C=O) groups excluding carboxylic acids is 3. The molecule has 0 saturated carbocycles. The maximum absolute atomic E-state index is 12.7. The smallest absolute Gasteiger partial charge is 0.338 e. The fourth-order valence-corrected chi connectivity index (χ4v) is 3.12. The monoisotopic (exact) mass is 395 g/mol. The SMILES string of the molecule is CCc1cccc2c(C(=O)COc3cc(C(=O)OC)cc(C(=O)OC)c3)c[nH]c12. The van der Waals surface area contributed by atoms with Crippen LogP contribution >= 0.6 is 0 Å². The van der Waals surface area contributed by atoms with Crippen molar-refractivity contribution in [1.82, 2.24) is 4.98 Å². The molecule has 0 fully saturated rings. The quantitative estimate of drug-likeness (QED) is 0.485. The molecule has 0 atom stereocenters. The maximum atomic E-state index is 12.7. The van der Waals surface area contributed by atoms with Crippen LogP contribution in [0.1, 0.15) is 43.6 Å². The molecule has 7 heteroatoms. The number of benzene rings is 2. The standard InChI is InChI=1S/C22H21NO6/c1-4-13-6-5-7-17-18(11-23-20(13)17)19(24)12-29-16-9-14(21(25)27-2)8-15(10-16)22(26)28-3/h5-11,23H,4,12H2,1-3H3. The largest absolute Gasteiger partial charge is 0.485 e. The number of rotatable bonds is 7. The Labute approximate surface area is 167 Å². The number of aromatic amines is 1. The van der Waals surface area contributed by atoms with Crippen molar-refractivity contribution in [2.45, 2.75) is 13.3 Å². The Morgan fingerprint density at radius 2 is 1.62 bits per heavy atom. The number of carbonyl (C=O) groups is 3. The van der Waals surface area contributed by atoms with E-state index in [0.717, 1.165) is 22.9 Å². The van der Waals surface area contributed by atoms with E-state index >= 15 is 0 Å². The lowest BCUT2D eigenvalue weighted by molar-refractivity contribution is 0.0598. The second-order valence-electron chi connectivity index (χ2n) is 6.34. The normalized spacial score (nSPS) is 10.6. The average molecular weight is 395 g/mol. The van der Waals surface area contributed by atoms with E-state index < -0.39 is 11.9 Å². The molecule has 150 valence electrons. The molecule has 0 aliphatic carbocycles. The van der Waals surface area contributed by atoms with E-state index in [9.17, 15) is 14.4 Å². The lowest BCUT2D eigenvalue weighted by atomic mass is 10.1. The van der Waals surface area contributed by atoms with Crippen LogP contribution in [0.5, 0.6) is 5.75 Å². The minimum Gasteiger partial charge on any atom is -0.485 e. The van der Waals surface area contributed by atoms with Gasteiger partial charge in [-0.3, -0.25) is 4.79 Å². The van der Waals surface area contributed by atoms with Crippen LogP contribution in [0, 0.1) is 0 Å². The molecule has 0 unspecified atom stereocenters. The third-order valence-electron chi connectivity index (χ3n) is 4.60. The summed E-state index contributed by atoms with van der Waals surface area (Å²) in [7, 11) is 2.47. The second kappa shape index (κ2) is 8.60. The van der Waals surface area contributed by atoms with Gasteiger partial charge in [-0.15, -0.1) is 0 Å². The number of nitrogens with one attached hydrogen (secondary N) is 1. The first kappa shape index (κ1) is 20.1. The number of H-pyrrole nitrogens is 1. The van der Waals surface area contributed by atoms with Crippen LogP contribution in [0.3, 0.4) is 0 Å². The van der Waals surface area contributed by atoms with E-state index in [1.807, 2.05) is 25.1 Å². The third-order valence-corrected chi connectivity index (χ3v) is 4.60. The van der Waals surface area contributed by atoms with Crippen molar-refractivity contribution in [3.8, 4) is 5.75 Å². The van der Waals surface area contributed by atoms with Crippen LogP contribution in [0.25, 0.3) is 10.9 Å². The van der Waals surface area contributed by atoms with E-state index in [0.29, 0.717) is 5.56 Å². The molecule has 3 rings (SSSR count). The van der Waals surface area contributed by atoms with Crippen molar-refractivity contribution in [3.05, 3.63) is 64.8 Å². The minimum atomic E-state index is -0.629. The number of Topliss-reactive ketones (excluding diaryl/α,β-unsaturated/α-hetero) is 1. The maximum Gasteiger partial charge on any atom is 0.338 e. The molecule has 0 saturated heterocycles. The highest BCUT2D eigenvalue weighted by Gasteiger charge is 2.17. The Bertz CT molecular complexity index is 1050. The number of ketones is 1. The Kier molecular flexibility index (Phi) is 5.97. The van der Waals surface area contributed by atoms with E-state index in [4.69, 9.17) is 14.2 Å². The van der Waals surface area contributed by atoms with Crippen molar-refractivity contribution in [2.75, 3.05) is 20.8 Å². The summed E-state index contributed by atoms with van der Waals surface area (Å²) in [5.74, 6) is -1.30. The van der Waals surface area contributed by atoms with Gasteiger partial charge >= 0.3 is 11.9 Å². The fourth-order valence-electron chi connectivity index (χ4n) is 3.12. The highest BCUT2D eigenvalue weighted by atomic mass is 16.5. The fraction of sp³-hybridized carbons (Fsp3) is 0.227. The van der Waals surface area contributed by atoms with Gasteiger partial charge in [-0.1, -0.05) is 25.1 Å². The van der Waals surface area contributed by atoms with Crippen LogP contribution in [0.2, 0.25) is 0 Å². The molecule has 29 heavy (non-hydrogen) atoms. The molecular weight excluding hydrogens is 374 g/mol. The number of aryl methyl sites for hydroxylation is 1. The lowest BCUT2D eigenvalue weighted by Gasteiger charge is -2.09. The third kappa shape index (κ3) is 4.13. The number of hydrogen-bond donors (Lipinski definition) is 1. The number of para-hydroxylation sites is 1. The minimum absolute atomic E-state index is 0.123. The first-order chi connectivity index (χ1) is 14.0. The number of esters is 2. The van der Waals surface area contributed by atoms with Gasteiger partial charge in [0.25, 0.3) is 0 Å². The van der Waals surface area contributed by atoms with Gasteiger partial charge in [0, 0.05) is 22.7 Å². The van der Waals surface area contributed by atoms with E-state index in [-0.39, 0.29) is 29.3 Å². The molecule has 1 aromatic heterocycles. The van der Waals surface area contributed by atoms with Gasteiger partial charge in [0.1, 0.15) is 5.75 Å². The van der Waals surface area contributed by atoms with Crippen molar-refractivity contribution in [2.24, 2.45) is 0 Å². The van der Waals surface area contributed by atoms with Gasteiger partial charge in [0.05, 0.1) is 25.3 Å². The molecule has 0 bridgehead atoms. The zero-order valence-corrected chi connectivity index (χ0v) is 16.4.